The average Bonchev–Trinajstić information content (AvgIpc) is 3.06. The lowest BCUT2D eigenvalue weighted by Crippen LogP contribution is -2.32. The minimum absolute atomic E-state index is 0.510. The van der Waals surface area contributed by atoms with Gasteiger partial charge in [0.2, 0.25) is 0 Å². The van der Waals surface area contributed by atoms with E-state index in [1.807, 2.05) is 0 Å². The smallest absolute Gasteiger partial charge is 0.115 e. The molecule has 1 fully saturated rings. The zero-order chi connectivity index (χ0) is 11.5. The third-order valence-electron chi connectivity index (χ3n) is 2.91. The highest BCUT2D eigenvalue weighted by molar-refractivity contribution is 5.84. The van der Waals surface area contributed by atoms with Gasteiger partial charge in [-0.2, -0.15) is 0 Å². The zero-order valence-electron chi connectivity index (χ0n) is 9.96. The van der Waals surface area contributed by atoms with E-state index in [-0.39, 0.29) is 0 Å². The third-order valence-corrected chi connectivity index (χ3v) is 2.91. The van der Waals surface area contributed by atoms with E-state index in [2.05, 4.69) is 42.5 Å². The first-order valence-electron chi connectivity index (χ1n) is 5.78. The maximum absolute atomic E-state index is 5.50. The molecule has 86 valence electrons. The second kappa shape index (κ2) is 4.66. The normalized spacial score (nSPS) is 16.3. The molecular weight excluding hydrogens is 198 g/mol. The van der Waals surface area contributed by atoms with Crippen molar-refractivity contribution >= 4 is 5.84 Å². The number of amidine groups is 1. The van der Waals surface area contributed by atoms with E-state index in [1.165, 1.54) is 29.5 Å². The van der Waals surface area contributed by atoms with Crippen LogP contribution in [0.5, 0.6) is 0 Å². The summed E-state index contributed by atoms with van der Waals surface area (Å²) in [4.78, 5) is 4.55. The van der Waals surface area contributed by atoms with Crippen LogP contribution < -0.4 is 11.3 Å². The monoisotopic (exact) mass is 217 g/mol. The number of aryl methyl sites for hydroxylation is 2. The first kappa shape index (κ1) is 11.1. The molecule has 0 aromatic heterocycles. The van der Waals surface area contributed by atoms with Crippen molar-refractivity contribution in [1.29, 1.82) is 0 Å². The van der Waals surface area contributed by atoms with Crippen LogP contribution in [0.15, 0.2) is 23.2 Å². The molecular formula is C13H19N3. The molecule has 0 atom stereocenters. The Balaban J connectivity index is 2.14. The first-order chi connectivity index (χ1) is 7.69. The van der Waals surface area contributed by atoms with Gasteiger partial charge in [-0.3, -0.25) is 4.99 Å². The molecule has 3 N–H and O–H groups in total. The van der Waals surface area contributed by atoms with Crippen LogP contribution in [0.3, 0.4) is 0 Å². The summed E-state index contributed by atoms with van der Waals surface area (Å²) in [5.74, 6) is 6.40. The lowest BCUT2D eigenvalue weighted by molar-refractivity contribution is 0.938. The number of rotatable bonds is 3. The van der Waals surface area contributed by atoms with Gasteiger partial charge < -0.3 is 5.43 Å². The lowest BCUT2D eigenvalue weighted by Gasteiger charge is -2.09. The Labute approximate surface area is 96.7 Å². The summed E-state index contributed by atoms with van der Waals surface area (Å²) in [6.07, 6.45) is 3.22. The summed E-state index contributed by atoms with van der Waals surface area (Å²) in [6, 6.07) is 6.99. The summed E-state index contributed by atoms with van der Waals surface area (Å²) >= 11 is 0. The SMILES string of the molecule is Cc1ccc(C)c(CC(=NC2CC2)NN)c1. The number of nitrogens with one attached hydrogen (secondary N) is 1. The molecule has 0 spiro atoms. The van der Waals surface area contributed by atoms with Gasteiger partial charge in [-0.05, 0) is 37.8 Å². The van der Waals surface area contributed by atoms with Crippen molar-refractivity contribution in [2.24, 2.45) is 10.8 Å². The van der Waals surface area contributed by atoms with Crippen LogP contribution >= 0.6 is 0 Å². The number of nitrogens with two attached hydrogens (primary N) is 1. The fourth-order valence-electron chi connectivity index (χ4n) is 1.73. The molecule has 0 aliphatic heterocycles. The summed E-state index contributed by atoms with van der Waals surface area (Å²) in [7, 11) is 0. The minimum Gasteiger partial charge on any atom is -0.312 e. The molecule has 3 heteroatoms. The van der Waals surface area contributed by atoms with Crippen molar-refractivity contribution in [2.75, 3.05) is 0 Å². The number of nitrogens with zero attached hydrogens (tertiary/aromatic N) is 1. The van der Waals surface area contributed by atoms with Gasteiger partial charge in [0.15, 0.2) is 0 Å². The number of hydrogen-bond acceptors (Lipinski definition) is 2. The lowest BCUT2D eigenvalue weighted by atomic mass is 10.0. The maximum Gasteiger partial charge on any atom is 0.115 e. The number of hydrazine groups is 1. The molecule has 1 saturated carbocycles. The predicted octanol–water partition coefficient (Wildman–Crippen LogP) is 1.87. The number of benzene rings is 1. The van der Waals surface area contributed by atoms with Crippen molar-refractivity contribution in [1.82, 2.24) is 5.43 Å². The fraction of sp³-hybridized carbons (Fsp3) is 0.462. The molecule has 16 heavy (non-hydrogen) atoms. The zero-order valence-corrected chi connectivity index (χ0v) is 9.96. The van der Waals surface area contributed by atoms with Crippen LogP contribution in [0.4, 0.5) is 0 Å². The molecule has 1 aromatic carbocycles. The molecule has 2 rings (SSSR count). The largest absolute Gasteiger partial charge is 0.312 e. The molecule has 1 aliphatic carbocycles. The summed E-state index contributed by atoms with van der Waals surface area (Å²) in [5, 5.41) is 0. The average molecular weight is 217 g/mol. The van der Waals surface area contributed by atoms with Gasteiger partial charge in [0.05, 0.1) is 6.04 Å². The highest BCUT2D eigenvalue weighted by Crippen LogP contribution is 2.24. The van der Waals surface area contributed by atoms with Crippen LogP contribution in [0.25, 0.3) is 0 Å². The summed E-state index contributed by atoms with van der Waals surface area (Å²) in [5.41, 5.74) is 6.60. The molecule has 0 unspecified atom stereocenters. The maximum atomic E-state index is 5.50. The van der Waals surface area contributed by atoms with Crippen molar-refractivity contribution in [3.63, 3.8) is 0 Å². The molecule has 1 aromatic rings. The van der Waals surface area contributed by atoms with E-state index in [0.29, 0.717) is 6.04 Å². The molecule has 0 saturated heterocycles. The van der Waals surface area contributed by atoms with E-state index in [4.69, 9.17) is 5.84 Å². The molecule has 1 aliphatic rings. The molecule has 0 bridgehead atoms. The van der Waals surface area contributed by atoms with Gasteiger partial charge >= 0.3 is 0 Å². The third kappa shape index (κ3) is 2.83. The minimum atomic E-state index is 0.510. The first-order valence-corrected chi connectivity index (χ1v) is 5.78. The Kier molecular flexibility index (Phi) is 3.25. The second-order valence-electron chi connectivity index (χ2n) is 4.56. The van der Waals surface area contributed by atoms with E-state index < -0.39 is 0 Å². The van der Waals surface area contributed by atoms with Crippen LogP contribution in [0.2, 0.25) is 0 Å². The topological polar surface area (TPSA) is 50.4 Å². The van der Waals surface area contributed by atoms with E-state index in [9.17, 15) is 0 Å². The molecule has 0 radical (unpaired) electrons. The highest BCUT2D eigenvalue weighted by atomic mass is 15.3. The van der Waals surface area contributed by atoms with Gasteiger partial charge in [0.1, 0.15) is 5.84 Å². The highest BCUT2D eigenvalue weighted by Gasteiger charge is 2.20. The summed E-state index contributed by atoms with van der Waals surface area (Å²) < 4.78 is 0. The second-order valence-corrected chi connectivity index (χ2v) is 4.56. The molecule has 3 nitrogen and oxygen atoms in total. The van der Waals surface area contributed by atoms with Crippen LogP contribution in [-0.4, -0.2) is 11.9 Å². The van der Waals surface area contributed by atoms with Crippen LogP contribution in [-0.2, 0) is 6.42 Å². The predicted molar refractivity (Wildman–Crippen MR) is 67.4 cm³/mol. The Bertz CT molecular complexity index is 406. The van der Waals surface area contributed by atoms with E-state index in [0.717, 1.165) is 12.3 Å². The van der Waals surface area contributed by atoms with E-state index in [1.54, 1.807) is 0 Å². The van der Waals surface area contributed by atoms with Crippen molar-refractivity contribution in [3.05, 3.63) is 34.9 Å². The number of aliphatic imine (C=N–C) groups is 1. The standard InChI is InChI=1S/C13H19N3/c1-9-3-4-10(2)11(7-9)8-13(16-14)15-12-5-6-12/h3-4,7,12H,5-6,8,14H2,1-2H3,(H,15,16). The Morgan fingerprint density at radius 1 is 1.44 bits per heavy atom. The number of hydrogen-bond donors (Lipinski definition) is 2. The Hall–Kier alpha value is -1.35. The Morgan fingerprint density at radius 2 is 2.19 bits per heavy atom. The fourth-order valence-corrected chi connectivity index (χ4v) is 1.73. The van der Waals surface area contributed by atoms with Gasteiger partial charge in [0, 0.05) is 6.42 Å². The van der Waals surface area contributed by atoms with Gasteiger partial charge in [-0.15, -0.1) is 0 Å². The van der Waals surface area contributed by atoms with Gasteiger partial charge in [-0.25, -0.2) is 5.84 Å². The van der Waals surface area contributed by atoms with Crippen molar-refractivity contribution in [2.45, 2.75) is 39.2 Å². The van der Waals surface area contributed by atoms with Gasteiger partial charge in [0.25, 0.3) is 0 Å². The molecule has 0 amide bonds. The van der Waals surface area contributed by atoms with Crippen LogP contribution in [0, 0.1) is 13.8 Å². The quantitative estimate of drug-likeness (QED) is 0.351. The van der Waals surface area contributed by atoms with E-state index >= 15 is 0 Å². The van der Waals surface area contributed by atoms with Crippen LogP contribution in [0.1, 0.15) is 29.5 Å². The van der Waals surface area contributed by atoms with Crippen molar-refractivity contribution < 1.29 is 0 Å². The van der Waals surface area contributed by atoms with Gasteiger partial charge in [-0.1, -0.05) is 23.8 Å². The van der Waals surface area contributed by atoms with Crippen molar-refractivity contribution in [3.8, 4) is 0 Å². The molecule has 0 heterocycles. The Morgan fingerprint density at radius 3 is 2.81 bits per heavy atom. The summed E-state index contributed by atoms with van der Waals surface area (Å²) in [6.45, 7) is 4.23.